The van der Waals surface area contributed by atoms with Crippen LogP contribution in [-0.4, -0.2) is 0 Å². The molecule has 2 aromatic carbocycles. The van der Waals surface area contributed by atoms with Gasteiger partial charge in [-0.15, -0.1) is 0 Å². The Hall–Kier alpha value is -2.14. The first-order valence-electron chi connectivity index (χ1n) is 4.98. The van der Waals surface area contributed by atoms with Crippen LogP contribution in [0.15, 0.2) is 42.5 Å². The Bertz CT molecular complexity index is 567. The van der Waals surface area contributed by atoms with Crippen molar-refractivity contribution in [3.63, 3.8) is 0 Å². The van der Waals surface area contributed by atoms with E-state index in [9.17, 15) is 4.39 Å². The fourth-order valence-electron chi connectivity index (χ4n) is 1.72. The van der Waals surface area contributed by atoms with E-state index < -0.39 is 0 Å². The molecule has 0 bridgehead atoms. The first kappa shape index (κ1) is 10.4. The summed E-state index contributed by atoms with van der Waals surface area (Å²) in [4.78, 5) is 0. The standard InChI is InChI=1S/C14H10FN/c1-10-5-4-7-11(13(10)9-16)12-6-2-3-8-14(12)15/h2-8H,1H3. The van der Waals surface area contributed by atoms with Crippen LogP contribution in [0.1, 0.15) is 11.1 Å². The van der Waals surface area contributed by atoms with Gasteiger partial charge in [-0.25, -0.2) is 4.39 Å². The minimum atomic E-state index is -0.301. The van der Waals surface area contributed by atoms with Gasteiger partial charge < -0.3 is 0 Å². The Labute approximate surface area is 93.8 Å². The first-order chi connectivity index (χ1) is 7.74. The first-order valence-corrected chi connectivity index (χ1v) is 4.98. The Kier molecular flexibility index (Phi) is 2.70. The molecule has 16 heavy (non-hydrogen) atoms. The summed E-state index contributed by atoms with van der Waals surface area (Å²) in [5.74, 6) is -0.301. The molecule has 0 aliphatic carbocycles. The summed E-state index contributed by atoms with van der Waals surface area (Å²) in [5, 5.41) is 9.08. The van der Waals surface area contributed by atoms with E-state index in [0.29, 0.717) is 16.7 Å². The largest absolute Gasteiger partial charge is 0.206 e. The van der Waals surface area contributed by atoms with Gasteiger partial charge in [0, 0.05) is 11.1 Å². The Morgan fingerprint density at radius 3 is 2.38 bits per heavy atom. The maximum Gasteiger partial charge on any atom is 0.131 e. The number of aryl methyl sites for hydroxylation is 1. The van der Waals surface area contributed by atoms with Crippen LogP contribution in [-0.2, 0) is 0 Å². The van der Waals surface area contributed by atoms with Crippen molar-refractivity contribution in [3.05, 3.63) is 59.4 Å². The summed E-state index contributed by atoms with van der Waals surface area (Å²) in [6.07, 6.45) is 0. The highest BCUT2D eigenvalue weighted by Gasteiger charge is 2.10. The maximum absolute atomic E-state index is 13.6. The quantitative estimate of drug-likeness (QED) is 0.706. The number of nitriles is 1. The summed E-state index contributed by atoms with van der Waals surface area (Å²) in [6.45, 7) is 1.85. The molecule has 0 unspecified atom stereocenters. The number of nitrogens with zero attached hydrogens (tertiary/aromatic N) is 1. The van der Waals surface area contributed by atoms with Crippen molar-refractivity contribution in [2.24, 2.45) is 0 Å². The van der Waals surface area contributed by atoms with Crippen LogP contribution in [0, 0.1) is 24.1 Å². The zero-order chi connectivity index (χ0) is 11.5. The van der Waals surface area contributed by atoms with Crippen molar-refractivity contribution in [1.29, 1.82) is 5.26 Å². The molecule has 0 N–H and O–H groups in total. The van der Waals surface area contributed by atoms with Gasteiger partial charge in [-0.3, -0.25) is 0 Å². The van der Waals surface area contributed by atoms with Gasteiger partial charge in [0.15, 0.2) is 0 Å². The van der Waals surface area contributed by atoms with Gasteiger partial charge in [0.25, 0.3) is 0 Å². The number of halogens is 1. The van der Waals surface area contributed by atoms with Crippen LogP contribution >= 0.6 is 0 Å². The van der Waals surface area contributed by atoms with Crippen LogP contribution in [0.3, 0.4) is 0 Å². The van der Waals surface area contributed by atoms with Gasteiger partial charge in [0.1, 0.15) is 11.9 Å². The van der Waals surface area contributed by atoms with E-state index in [-0.39, 0.29) is 5.82 Å². The van der Waals surface area contributed by atoms with Crippen LogP contribution in [0.2, 0.25) is 0 Å². The van der Waals surface area contributed by atoms with Crippen LogP contribution in [0.5, 0.6) is 0 Å². The molecule has 0 fully saturated rings. The number of benzene rings is 2. The molecule has 0 saturated heterocycles. The SMILES string of the molecule is Cc1cccc(-c2ccccc2F)c1C#N. The second-order valence-electron chi connectivity index (χ2n) is 3.59. The lowest BCUT2D eigenvalue weighted by molar-refractivity contribution is 0.631. The average Bonchev–Trinajstić information content (AvgIpc) is 2.29. The topological polar surface area (TPSA) is 23.8 Å². The number of hydrogen-bond acceptors (Lipinski definition) is 1. The Morgan fingerprint density at radius 2 is 1.69 bits per heavy atom. The molecule has 0 spiro atoms. The molecule has 78 valence electrons. The molecule has 2 aromatic rings. The summed E-state index contributed by atoms with van der Waals surface area (Å²) in [7, 11) is 0. The Balaban J connectivity index is 2.71. The van der Waals surface area contributed by atoms with Crippen LogP contribution in [0.4, 0.5) is 4.39 Å². The molecule has 0 radical (unpaired) electrons. The van der Waals surface area contributed by atoms with Gasteiger partial charge in [-0.05, 0) is 18.6 Å². The van der Waals surface area contributed by atoms with E-state index in [4.69, 9.17) is 5.26 Å². The summed E-state index contributed by atoms with van der Waals surface area (Å²) < 4.78 is 13.6. The lowest BCUT2D eigenvalue weighted by Gasteiger charge is -2.07. The molecule has 0 aliphatic heterocycles. The Morgan fingerprint density at radius 1 is 1.00 bits per heavy atom. The molecule has 0 heterocycles. The molecular weight excluding hydrogens is 201 g/mol. The number of rotatable bonds is 1. The van der Waals surface area contributed by atoms with Gasteiger partial charge in [-0.2, -0.15) is 5.26 Å². The predicted molar refractivity (Wildman–Crippen MR) is 61.3 cm³/mol. The van der Waals surface area contributed by atoms with Crippen molar-refractivity contribution in [1.82, 2.24) is 0 Å². The minimum absolute atomic E-state index is 0.301. The highest BCUT2D eigenvalue weighted by molar-refractivity contribution is 5.72. The van der Waals surface area contributed by atoms with Crippen molar-refractivity contribution in [3.8, 4) is 17.2 Å². The summed E-state index contributed by atoms with van der Waals surface area (Å²) >= 11 is 0. The molecule has 0 amide bonds. The third-order valence-corrected chi connectivity index (χ3v) is 2.55. The lowest BCUT2D eigenvalue weighted by Crippen LogP contribution is -1.90. The van der Waals surface area contributed by atoms with Crippen molar-refractivity contribution in [2.45, 2.75) is 6.92 Å². The second-order valence-corrected chi connectivity index (χ2v) is 3.59. The van der Waals surface area contributed by atoms with Crippen molar-refractivity contribution in [2.75, 3.05) is 0 Å². The molecule has 0 aliphatic rings. The van der Waals surface area contributed by atoms with Crippen LogP contribution < -0.4 is 0 Å². The smallest absolute Gasteiger partial charge is 0.131 e. The van der Waals surface area contributed by atoms with E-state index in [1.54, 1.807) is 24.3 Å². The van der Waals surface area contributed by atoms with E-state index in [1.807, 2.05) is 19.1 Å². The van der Waals surface area contributed by atoms with Crippen LogP contribution in [0.25, 0.3) is 11.1 Å². The fourth-order valence-corrected chi connectivity index (χ4v) is 1.72. The summed E-state index contributed by atoms with van der Waals surface area (Å²) in [5.41, 5.74) is 2.53. The average molecular weight is 211 g/mol. The molecular formula is C14H10FN. The van der Waals surface area contributed by atoms with Gasteiger partial charge in [0.2, 0.25) is 0 Å². The highest BCUT2D eigenvalue weighted by Crippen LogP contribution is 2.27. The minimum Gasteiger partial charge on any atom is -0.206 e. The molecule has 0 saturated carbocycles. The zero-order valence-electron chi connectivity index (χ0n) is 8.87. The van der Waals surface area contributed by atoms with Crippen molar-refractivity contribution >= 4 is 0 Å². The van der Waals surface area contributed by atoms with E-state index in [1.165, 1.54) is 6.07 Å². The monoisotopic (exact) mass is 211 g/mol. The molecule has 0 aromatic heterocycles. The number of hydrogen-bond donors (Lipinski definition) is 0. The van der Waals surface area contributed by atoms with Crippen molar-refractivity contribution < 1.29 is 4.39 Å². The molecule has 0 atom stereocenters. The predicted octanol–water partition coefficient (Wildman–Crippen LogP) is 3.67. The maximum atomic E-state index is 13.6. The van der Waals surface area contributed by atoms with Gasteiger partial charge in [-0.1, -0.05) is 36.4 Å². The lowest BCUT2D eigenvalue weighted by atomic mass is 9.96. The van der Waals surface area contributed by atoms with Gasteiger partial charge in [0.05, 0.1) is 5.56 Å². The molecule has 1 nitrogen and oxygen atoms in total. The molecule has 2 rings (SSSR count). The van der Waals surface area contributed by atoms with Gasteiger partial charge >= 0.3 is 0 Å². The van der Waals surface area contributed by atoms with E-state index in [2.05, 4.69) is 6.07 Å². The van der Waals surface area contributed by atoms with E-state index >= 15 is 0 Å². The van der Waals surface area contributed by atoms with E-state index in [0.717, 1.165) is 5.56 Å². The highest BCUT2D eigenvalue weighted by atomic mass is 19.1. The fraction of sp³-hybridized carbons (Fsp3) is 0.0714. The third kappa shape index (κ3) is 1.68. The molecule has 2 heteroatoms. The zero-order valence-corrected chi connectivity index (χ0v) is 8.87. The third-order valence-electron chi connectivity index (χ3n) is 2.55. The normalized spacial score (nSPS) is 9.81. The second kappa shape index (κ2) is 4.16. The summed E-state index contributed by atoms with van der Waals surface area (Å²) in [6, 6.07) is 14.1.